The third kappa shape index (κ3) is 3.65. The van der Waals surface area contributed by atoms with Gasteiger partial charge in [0.05, 0.1) is 12.6 Å². The van der Waals surface area contributed by atoms with Gasteiger partial charge in [0, 0.05) is 22.4 Å². The van der Waals surface area contributed by atoms with Crippen molar-refractivity contribution in [2.24, 2.45) is 0 Å². The van der Waals surface area contributed by atoms with E-state index in [9.17, 15) is 0 Å². The summed E-state index contributed by atoms with van der Waals surface area (Å²) in [6.07, 6.45) is 0. The zero-order valence-electron chi connectivity index (χ0n) is 10.8. The average molecular weight is 281 g/mol. The van der Waals surface area contributed by atoms with E-state index < -0.39 is 0 Å². The number of rotatable bonds is 7. The lowest BCUT2D eigenvalue weighted by atomic mass is 10.1. The van der Waals surface area contributed by atoms with Crippen LogP contribution in [0, 0.1) is 0 Å². The van der Waals surface area contributed by atoms with E-state index in [-0.39, 0.29) is 0 Å². The number of hydrogen-bond donors (Lipinski definition) is 1. The number of hydrogen-bond acceptors (Lipinski definition) is 4. The molecule has 0 amide bonds. The molecular formula is C14H19NOS2. The number of nitrogens with one attached hydrogen (secondary N) is 1. The molecule has 2 nitrogen and oxygen atoms in total. The highest BCUT2D eigenvalue weighted by Crippen LogP contribution is 2.29. The summed E-state index contributed by atoms with van der Waals surface area (Å²) < 4.78 is 5.48. The molecule has 0 aliphatic carbocycles. The molecule has 0 aliphatic heterocycles. The van der Waals surface area contributed by atoms with E-state index in [4.69, 9.17) is 4.74 Å². The molecule has 1 atom stereocenters. The fourth-order valence-electron chi connectivity index (χ4n) is 1.84. The molecule has 2 rings (SSSR count). The molecule has 0 aromatic carbocycles. The SMILES string of the molecule is CCOCC(C)NC(c1cccs1)c1cccs1. The van der Waals surface area contributed by atoms with Gasteiger partial charge in [0.15, 0.2) is 0 Å². The summed E-state index contributed by atoms with van der Waals surface area (Å²) in [5, 5.41) is 7.91. The van der Waals surface area contributed by atoms with Crippen LogP contribution >= 0.6 is 22.7 Å². The Balaban J connectivity index is 2.07. The van der Waals surface area contributed by atoms with E-state index in [0.29, 0.717) is 12.1 Å². The van der Waals surface area contributed by atoms with Gasteiger partial charge in [-0.3, -0.25) is 0 Å². The Morgan fingerprint density at radius 2 is 1.78 bits per heavy atom. The van der Waals surface area contributed by atoms with Crippen molar-refractivity contribution in [1.82, 2.24) is 5.32 Å². The maximum Gasteiger partial charge on any atom is 0.0767 e. The lowest BCUT2D eigenvalue weighted by molar-refractivity contribution is 0.125. The molecule has 4 heteroatoms. The van der Waals surface area contributed by atoms with E-state index in [2.05, 4.69) is 47.3 Å². The Hall–Kier alpha value is -0.680. The Kier molecular flexibility index (Phi) is 5.38. The van der Waals surface area contributed by atoms with Crippen molar-refractivity contribution in [3.8, 4) is 0 Å². The van der Waals surface area contributed by atoms with Crippen molar-refractivity contribution in [3.05, 3.63) is 44.8 Å². The molecule has 0 saturated carbocycles. The normalized spacial score (nSPS) is 13.1. The second kappa shape index (κ2) is 7.04. The fraction of sp³-hybridized carbons (Fsp3) is 0.429. The van der Waals surface area contributed by atoms with Gasteiger partial charge in [-0.2, -0.15) is 0 Å². The molecular weight excluding hydrogens is 262 g/mol. The van der Waals surface area contributed by atoms with Gasteiger partial charge >= 0.3 is 0 Å². The topological polar surface area (TPSA) is 21.3 Å². The number of ether oxygens (including phenoxy) is 1. The summed E-state index contributed by atoms with van der Waals surface area (Å²) in [6.45, 7) is 5.73. The lowest BCUT2D eigenvalue weighted by Gasteiger charge is -2.21. The quantitative estimate of drug-likeness (QED) is 0.830. The average Bonchev–Trinajstić information content (AvgIpc) is 3.05. The fourth-order valence-corrected chi connectivity index (χ4v) is 3.52. The van der Waals surface area contributed by atoms with Crippen molar-refractivity contribution in [1.29, 1.82) is 0 Å². The standard InChI is InChI=1S/C14H19NOS2/c1-3-16-10-11(2)15-14(12-6-4-8-17-12)13-7-5-9-18-13/h4-9,11,14-15H,3,10H2,1-2H3. The van der Waals surface area contributed by atoms with Crippen molar-refractivity contribution >= 4 is 22.7 Å². The van der Waals surface area contributed by atoms with Gasteiger partial charge in [-0.1, -0.05) is 12.1 Å². The predicted octanol–water partition coefficient (Wildman–Crippen LogP) is 3.91. The molecule has 98 valence electrons. The van der Waals surface area contributed by atoms with Crippen LogP contribution in [0.1, 0.15) is 29.6 Å². The Morgan fingerprint density at radius 1 is 1.17 bits per heavy atom. The molecule has 18 heavy (non-hydrogen) atoms. The Labute approximate surface area is 117 Å². The highest BCUT2D eigenvalue weighted by Gasteiger charge is 2.18. The second-order valence-electron chi connectivity index (χ2n) is 4.19. The maximum atomic E-state index is 5.48. The zero-order valence-corrected chi connectivity index (χ0v) is 12.4. The van der Waals surface area contributed by atoms with Gasteiger partial charge in [0.25, 0.3) is 0 Å². The van der Waals surface area contributed by atoms with E-state index in [1.54, 1.807) is 22.7 Å². The molecule has 1 N–H and O–H groups in total. The summed E-state index contributed by atoms with van der Waals surface area (Å²) in [5.41, 5.74) is 0. The van der Waals surface area contributed by atoms with Crippen LogP contribution in [0.2, 0.25) is 0 Å². The van der Waals surface area contributed by atoms with Crippen LogP contribution in [0.25, 0.3) is 0 Å². The van der Waals surface area contributed by atoms with Crippen LogP contribution in [-0.2, 0) is 4.74 Å². The molecule has 2 aromatic rings. The van der Waals surface area contributed by atoms with Gasteiger partial charge in [-0.25, -0.2) is 0 Å². The third-order valence-electron chi connectivity index (χ3n) is 2.68. The molecule has 1 unspecified atom stereocenters. The Bertz CT molecular complexity index is 390. The summed E-state index contributed by atoms with van der Waals surface area (Å²) in [4.78, 5) is 2.72. The van der Waals surface area contributed by atoms with E-state index in [0.717, 1.165) is 13.2 Å². The monoisotopic (exact) mass is 281 g/mol. The largest absolute Gasteiger partial charge is 0.380 e. The van der Waals surface area contributed by atoms with Gasteiger partial charge in [-0.05, 0) is 36.7 Å². The summed E-state index contributed by atoms with van der Waals surface area (Å²) >= 11 is 3.60. The molecule has 0 radical (unpaired) electrons. The van der Waals surface area contributed by atoms with Gasteiger partial charge in [0.1, 0.15) is 0 Å². The Morgan fingerprint density at radius 3 is 2.22 bits per heavy atom. The first-order valence-electron chi connectivity index (χ1n) is 6.22. The maximum absolute atomic E-state index is 5.48. The molecule has 0 fully saturated rings. The van der Waals surface area contributed by atoms with Crippen LogP contribution < -0.4 is 5.32 Å². The summed E-state index contributed by atoms with van der Waals surface area (Å²) in [7, 11) is 0. The predicted molar refractivity (Wildman–Crippen MR) is 79.6 cm³/mol. The van der Waals surface area contributed by atoms with Crippen LogP contribution in [0.3, 0.4) is 0 Å². The smallest absolute Gasteiger partial charge is 0.0767 e. The first-order valence-corrected chi connectivity index (χ1v) is 7.97. The minimum absolute atomic E-state index is 0.292. The molecule has 0 saturated heterocycles. The second-order valence-corrected chi connectivity index (χ2v) is 6.15. The van der Waals surface area contributed by atoms with Gasteiger partial charge < -0.3 is 10.1 Å². The zero-order chi connectivity index (χ0) is 12.8. The van der Waals surface area contributed by atoms with E-state index in [1.807, 2.05) is 6.92 Å². The van der Waals surface area contributed by atoms with Crippen LogP contribution in [0.5, 0.6) is 0 Å². The van der Waals surface area contributed by atoms with Crippen molar-refractivity contribution < 1.29 is 4.74 Å². The third-order valence-corrected chi connectivity index (χ3v) is 4.55. The molecule has 0 aliphatic rings. The lowest BCUT2D eigenvalue weighted by Crippen LogP contribution is -2.34. The first-order chi connectivity index (χ1) is 8.81. The highest BCUT2D eigenvalue weighted by atomic mass is 32.1. The van der Waals surface area contributed by atoms with Gasteiger partial charge in [0.2, 0.25) is 0 Å². The first kappa shape index (κ1) is 13.7. The van der Waals surface area contributed by atoms with Crippen LogP contribution in [-0.4, -0.2) is 19.3 Å². The molecule has 0 spiro atoms. The summed E-state index contributed by atoms with van der Waals surface area (Å²) in [5.74, 6) is 0. The van der Waals surface area contributed by atoms with Crippen LogP contribution in [0.15, 0.2) is 35.0 Å². The number of thiophene rings is 2. The van der Waals surface area contributed by atoms with Crippen molar-refractivity contribution in [3.63, 3.8) is 0 Å². The van der Waals surface area contributed by atoms with Crippen LogP contribution in [0.4, 0.5) is 0 Å². The van der Waals surface area contributed by atoms with Gasteiger partial charge in [-0.15, -0.1) is 22.7 Å². The van der Waals surface area contributed by atoms with Crippen molar-refractivity contribution in [2.45, 2.75) is 25.9 Å². The molecule has 2 heterocycles. The van der Waals surface area contributed by atoms with E-state index in [1.165, 1.54) is 9.75 Å². The minimum Gasteiger partial charge on any atom is -0.380 e. The summed E-state index contributed by atoms with van der Waals surface area (Å²) in [6, 6.07) is 9.23. The molecule has 2 aromatic heterocycles. The minimum atomic E-state index is 0.292. The molecule has 0 bridgehead atoms. The van der Waals surface area contributed by atoms with Crippen molar-refractivity contribution in [2.75, 3.05) is 13.2 Å². The highest BCUT2D eigenvalue weighted by molar-refractivity contribution is 7.11. The van der Waals surface area contributed by atoms with E-state index >= 15 is 0 Å².